The molecule has 0 aromatic heterocycles. The van der Waals surface area contributed by atoms with Gasteiger partial charge >= 0.3 is 0 Å². The van der Waals surface area contributed by atoms with Gasteiger partial charge in [0.25, 0.3) is 0 Å². The number of phenolic OH excluding ortho intramolecular Hbond substituents is 1. The molecule has 6 heteroatoms. The fourth-order valence-corrected chi connectivity index (χ4v) is 3.91. The quantitative estimate of drug-likeness (QED) is 0.531. The fraction of sp³-hybridized carbons (Fsp3) is 0.130. The van der Waals surface area contributed by atoms with Crippen molar-refractivity contribution in [2.24, 2.45) is 0 Å². The molecule has 2 aliphatic rings. The lowest BCUT2D eigenvalue weighted by molar-refractivity contribution is 0.174. The molecule has 0 fully saturated rings. The molecule has 2 aliphatic heterocycles. The summed E-state index contributed by atoms with van der Waals surface area (Å²) in [6.45, 7) is 0.245. The average Bonchev–Trinajstić information content (AvgIpc) is 3.22. The Bertz CT molecular complexity index is 1080. The van der Waals surface area contributed by atoms with E-state index in [0.29, 0.717) is 0 Å². The van der Waals surface area contributed by atoms with Crippen molar-refractivity contribution in [1.82, 2.24) is 10.6 Å². The SMILES string of the molecule is Oc1ccccc1C1C=C(c2ccc3c(c2)OCO3)NC(c2ccc(Br)cc2)N1. The van der Waals surface area contributed by atoms with Gasteiger partial charge in [-0.1, -0.05) is 46.3 Å². The number of halogens is 1. The number of ether oxygens (including phenoxy) is 2. The average molecular weight is 451 g/mol. The first kappa shape index (κ1) is 18.1. The molecule has 3 aromatic carbocycles. The lowest BCUT2D eigenvalue weighted by atomic mass is 9.97. The van der Waals surface area contributed by atoms with Crippen molar-refractivity contribution in [3.63, 3.8) is 0 Å². The number of hydrogen-bond donors (Lipinski definition) is 3. The molecule has 2 atom stereocenters. The highest BCUT2D eigenvalue weighted by atomic mass is 79.9. The largest absolute Gasteiger partial charge is 0.508 e. The molecule has 146 valence electrons. The van der Waals surface area contributed by atoms with Crippen LogP contribution in [0.1, 0.15) is 28.9 Å². The van der Waals surface area contributed by atoms with E-state index in [2.05, 4.69) is 44.8 Å². The van der Waals surface area contributed by atoms with Crippen LogP contribution in [-0.4, -0.2) is 11.9 Å². The molecule has 0 saturated heterocycles. The standard InChI is InChI=1S/C23H19BrN2O3/c24-16-8-5-14(6-9-16)23-25-18(15-7-10-21-22(11-15)29-13-28-21)12-19(26-23)17-3-1-2-4-20(17)27/h1-12,19,23,25-27H,13H2. The highest BCUT2D eigenvalue weighted by molar-refractivity contribution is 9.10. The van der Waals surface area contributed by atoms with Crippen LogP contribution in [0, 0.1) is 0 Å². The van der Waals surface area contributed by atoms with Crippen LogP contribution < -0.4 is 20.1 Å². The number of nitrogens with one attached hydrogen (secondary N) is 2. The van der Waals surface area contributed by atoms with Crippen molar-refractivity contribution in [2.75, 3.05) is 6.79 Å². The minimum atomic E-state index is -0.161. The number of fused-ring (bicyclic) bond motifs is 1. The molecular formula is C23H19BrN2O3. The Morgan fingerprint density at radius 1 is 0.931 bits per heavy atom. The predicted molar refractivity (Wildman–Crippen MR) is 115 cm³/mol. The summed E-state index contributed by atoms with van der Waals surface area (Å²) >= 11 is 3.49. The van der Waals surface area contributed by atoms with Gasteiger partial charge in [-0.25, -0.2) is 0 Å². The summed E-state index contributed by atoms with van der Waals surface area (Å²) in [5.74, 6) is 1.76. The molecule has 2 unspecified atom stereocenters. The van der Waals surface area contributed by atoms with Crippen molar-refractivity contribution in [1.29, 1.82) is 0 Å². The topological polar surface area (TPSA) is 62.8 Å². The van der Waals surface area contributed by atoms with Crippen molar-refractivity contribution >= 4 is 21.6 Å². The van der Waals surface area contributed by atoms with Crippen LogP contribution in [-0.2, 0) is 0 Å². The molecule has 0 radical (unpaired) electrons. The zero-order valence-electron chi connectivity index (χ0n) is 15.4. The first-order valence-electron chi connectivity index (χ1n) is 9.35. The summed E-state index contributed by atoms with van der Waals surface area (Å²) in [7, 11) is 0. The van der Waals surface area contributed by atoms with E-state index in [1.807, 2.05) is 48.5 Å². The molecular weight excluding hydrogens is 432 g/mol. The van der Waals surface area contributed by atoms with Gasteiger partial charge in [-0.15, -0.1) is 0 Å². The zero-order chi connectivity index (χ0) is 19.8. The summed E-state index contributed by atoms with van der Waals surface area (Å²) in [6.07, 6.45) is 1.96. The van der Waals surface area contributed by atoms with Crippen LogP contribution in [0.25, 0.3) is 5.70 Å². The van der Waals surface area contributed by atoms with Crippen LogP contribution in [0.5, 0.6) is 17.2 Å². The maximum Gasteiger partial charge on any atom is 0.231 e. The van der Waals surface area contributed by atoms with E-state index in [4.69, 9.17) is 9.47 Å². The van der Waals surface area contributed by atoms with E-state index < -0.39 is 0 Å². The first-order chi connectivity index (χ1) is 14.2. The Kier molecular flexibility index (Phi) is 4.66. The van der Waals surface area contributed by atoms with E-state index >= 15 is 0 Å². The third kappa shape index (κ3) is 3.57. The van der Waals surface area contributed by atoms with Gasteiger partial charge in [0.2, 0.25) is 6.79 Å². The van der Waals surface area contributed by atoms with Gasteiger partial charge in [0.1, 0.15) is 11.9 Å². The predicted octanol–water partition coefficient (Wildman–Crippen LogP) is 4.86. The molecule has 3 aromatic rings. The van der Waals surface area contributed by atoms with Crippen LogP contribution in [0.2, 0.25) is 0 Å². The normalized spacial score (nSPS) is 20.1. The number of phenols is 1. The van der Waals surface area contributed by atoms with Gasteiger partial charge in [-0.3, -0.25) is 5.32 Å². The minimum absolute atomic E-state index is 0.127. The van der Waals surface area contributed by atoms with E-state index in [1.165, 1.54) is 0 Å². The van der Waals surface area contributed by atoms with Gasteiger partial charge in [-0.05, 0) is 48.0 Å². The lowest BCUT2D eigenvalue weighted by Gasteiger charge is -2.33. The third-order valence-electron chi connectivity index (χ3n) is 5.14. The Labute approximate surface area is 177 Å². The highest BCUT2D eigenvalue weighted by Crippen LogP contribution is 2.37. The van der Waals surface area contributed by atoms with Crippen molar-refractivity contribution < 1.29 is 14.6 Å². The number of hydrogen-bond acceptors (Lipinski definition) is 5. The smallest absolute Gasteiger partial charge is 0.231 e. The Hall–Kier alpha value is -2.96. The summed E-state index contributed by atoms with van der Waals surface area (Å²) in [4.78, 5) is 0. The summed E-state index contributed by atoms with van der Waals surface area (Å²) in [5.41, 5.74) is 3.89. The Balaban J connectivity index is 1.56. The zero-order valence-corrected chi connectivity index (χ0v) is 17.0. The molecule has 0 spiro atoms. The first-order valence-corrected chi connectivity index (χ1v) is 10.1. The van der Waals surface area contributed by atoms with Crippen LogP contribution in [0.15, 0.2) is 77.3 Å². The van der Waals surface area contributed by atoms with Crippen LogP contribution >= 0.6 is 15.9 Å². The molecule has 29 heavy (non-hydrogen) atoms. The third-order valence-corrected chi connectivity index (χ3v) is 5.67. The second-order valence-corrected chi connectivity index (χ2v) is 7.90. The molecule has 0 saturated carbocycles. The number of benzene rings is 3. The summed E-state index contributed by atoms with van der Waals surface area (Å²) in [5, 5.41) is 17.6. The highest BCUT2D eigenvalue weighted by Gasteiger charge is 2.26. The Morgan fingerprint density at radius 2 is 1.72 bits per heavy atom. The summed E-state index contributed by atoms with van der Waals surface area (Å²) < 4.78 is 12.0. The van der Waals surface area contributed by atoms with Crippen molar-refractivity contribution in [2.45, 2.75) is 12.2 Å². The van der Waals surface area contributed by atoms with E-state index in [-0.39, 0.29) is 24.8 Å². The molecule has 5 nitrogen and oxygen atoms in total. The maximum absolute atomic E-state index is 10.4. The second kappa shape index (κ2) is 7.46. The van der Waals surface area contributed by atoms with Crippen LogP contribution in [0.4, 0.5) is 0 Å². The number of rotatable bonds is 3. The summed E-state index contributed by atoms with van der Waals surface area (Å²) in [6, 6.07) is 21.3. The molecule has 5 rings (SSSR count). The molecule has 3 N–H and O–H groups in total. The van der Waals surface area contributed by atoms with Crippen LogP contribution in [0.3, 0.4) is 0 Å². The van der Waals surface area contributed by atoms with Gasteiger partial charge in [0.15, 0.2) is 11.5 Å². The van der Waals surface area contributed by atoms with Crippen molar-refractivity contribution in [3.8, 4) is 17.2 Å². The van der Waals surface area contributed by atoms with Gasteiger partial charge in [0, 0.05) is 21.3 Å². The van der Waals surface area contributed by atoms with Gasteiger partial charge in [-0.2, -0.15) is 0 Å². The number of para-hydroxylation sites is 1. The van der Waals surface area contributed by atoms with E-state index in [0.717, 1.165) is 38.4 Å². The van der Waals surface area contributed by atoms with Crippen molar-refractivity contribution in [3.05, 3.63) is 94.0 Å². The van der Waals surface area contributed by atoms with Gasteiger partial charge < -0.3 is 19.9 Å². The van der Waals surface area contributed by atoms with Gasteiger partial charge in [0.05, 0.1) is 6.04 Å². The number of aromatic hydroxyl groups is 1. The second-order valence-electron chi connectivity index (χ2n) is 6.98. The fourth-order valence-electron chi connectivity index (χ4n) is 3.65. The molecule has 0 aliphatic carbocycles. The lowest BCUT2D eigenvalue weighted by Crippen LogP contribution is -2.39. The Morgan fingerprint density at radius 3 is 2.55 bits per heavy atom. The maximum atomic E-state index is 10.4. The molecule has 2 heterocycles. The molecule has 0 bridgehead atoms. The van der Waals surface area contributed by atoms with E-state index in [1.54, 1.807) is 6.07 Å². The van der Waals surface area contributed by atoms with E-state index in [9.17, 15) is 5.11 Å². The monoisotopic (exact) mass is 450 g/mol. The molecule has 0 amide bonds. The minimum Gasteiger partial charge on any atom is -0.508 e.